The van der Waals surface area contributed by atoms with Crippen molar-refractivity contribution in [3.63, 3.8) is 0 Å². The first kappa shape index (κ1) is 22.0. The standard InChI is InChI=1S/C18H18Br2N6O4/c1-11(29-14-4-2-3-12(19)7-14)16(27)21-5-6-22-17(28)18-24-15(25-30-18)10-26-9-13(20)8-23-26/h2-4,7-9,11H,5-6,10H2,1H3,(H,21,27)(H,22,28). The summed E-state index contributed by atoms with van der Waals surface area (Å²) in [6.07, 6.45) is 2.70. The molecule has 0 aliphatic heterocycles. The van der Waals surface area contributed by atoms with Gasteiger partial charge < -0.3 is 19.9 Å². The Balaban J connectivity index is 1.38. The van der Waals surface area contributed by atoms with Gasteiger partial charge in [-0.3, -0.25) is 14.3 Å². The van der Waals surface area contributed by atoms with Crippen molar-refractivity contribution in [2.75, 3.05) is 13.1 Å². The monoisotopic (exact) mass is 540 g/mol. The molecule has 0 saturated heterocycles. The van der Waals surface area contributed by atoms with E-state index in [0.29, 0.717) is 11.6 Å². The van der Waals surface area contributed by atoms with Crippen molar-refractivity contribution in [2.45, 2.75) is 19.6 Å². The maximum absolute atomic E-state index is 12.1. The number of nitrogens with zero attached hydrogens (tertiary/aromatic N) is 4. The third-order valence-corrected chi connectivity index (χ3v) is 4.66. The molecule has 0 fully saturated rings. The molecule has 10 nitrogen and oxygen atoms in total. The highest BCUT2D eigenvalue weighted by molar-refractivity contribution is 9.10. The summed E-state index contributed by atoms with van der Waals surface area (Å²) in [5, 5.41) is 13.1. The second-order valence-corrected chi connectivity index (χ2v) is 7.97. The van der Waals surface area contributed by atoms with Crippen LogP contribution in [0.15, 0.2) is 50.1 Å². The Bertz CT molecular complexity index is 1020. The summed E-state index contributed by atoms with van der Waals surface area (Å²) in [6.45, 7) is 2.33. The minimum Gasteiger partial charge on any atom is -0.481 e. The number of benzene rings is 1. The molecule has 0 radical (unpaired) electrons. The van der Waals surface area contributed by atoms with Crippen molar-refractivity contribution in [2.24, 2.45) is 0 Å². The average molecular weight is 542 g/mol. The van der Waals surface area contributed by atoms with Crippen LogP contribution < -0.4 is 15.4 Å². The number of aromatic nitrogens is 4. The van der Waals surface area contributed by atoms with Crippen LogP contribution in [-0.4, -0.2) is 50.9 Å². The second kappa shape index (κ2) is 10.3. The number of halogens is 2. The molecule has 0 spiro atoms. The zero-order valence-corrected chi connectivity index (χ0v) is 19.0. The van der Waals surface area contributed by atoms with E-state index in [1.165, 1.54) is 0 Å². The molecule has 0 aliphatic carbocycles. The molecule has 2 amide bonds. The molecule has 1 unspecified atom stereocenters. The van der Waals surface area contributed by atoms with Gasteiger partial charge in [-0.15, -0.1) is 0 Å². The molecule has 1 aromatic carbocycles. The van der Waals surface area contributed by atoms with E-state index in [1.54, 1.807) is 36.1 Å². The molecule has 0 aliphatic rings. The van der Waals surface area contributed by atoms with Gasteiger partial charge in [0.1, 0.15) is 12.3 Å². The summed E-state index contributed by atoms with van der Waals surface area (Å²) in [6, 6.07) is 7.21. The fourth-order valence-electron chi connectivity index (χ4n) is 2.36. The summed E-state index contributed by atoms with van der Waals surface area (Å²) in [5.74, 6) is -0.0794. The third-order valence-electron chi connectivity index (χ3n) is 3.76. The van der Waals surface area contributed by atoms with Crippen molar-refractivity contribution in [3.05, 3.63) is 57.3 Å². The lowest BCUT2D eigenvalue weighted by molar-refractivity contribution is -0.127. The van der Waals surface area contributed by atoms with Crippen LogP contribution in [0.4, 0.5) is 0 Å². The smallest absolute Gasteiger partial charge is 0.316 e. The van der Waals surface area contributed by atoms with E-state index in [9.17, 15) is 9.59 Å². The molecule has 2 N–H and O–H groups in total. The fourth-order valence-corrected chi connectivity index (χ4v) is 3.07. The van der Waals surface area contributed by atoms with Crippen LogP contribution >= 0.6 is 31.9 Å². The van der Waals surface area contributed by atoms with Crippen LogP contribution in [0, 0.1) is 0 Å². The zero-order valence-electron chi connectivity index (χ0n) is 15.8. The predicted octanol–water partition coefficient (Wildman–Crippen LogP) is 2.15. The molecule has 158 valence electrons. The highest BCUT2D eigenvalue weighted by Gasteiger charge is 2.17. The van der Waals surface area contributed by atoms with Gasteiger partial charge >= 0.3 is 11.8 Å². The maximum atomic E-state index is 12.1. The Labute approximate surface area is 188 Å². The Morgan fingerprint density at radius 3 is 2.77 bits per heavy atom. The number of hydrogen-bond acceptors (Lipinski definition) is 7. The molecule has 2 aromatic heterocycles. The number of rotatable bonds is 9. The first-order valence-corrected chi connectivity index (χ1v) is 10.5. The predicted molar refractivity (Wildman–Crippen MR) is 113 cm³/mol. The van der Waals surface area contributed by atoms with E-state index in [1.807, 2.05) is 12.1 Å². The van der Waals surface area contributed by atoms with Crippen molar-refractivity contribution < 1.29 is 18.8 Å². The minimum absolute atomic E-state index is 0.158. The normalized spacial score (nSPS) is 11.7. The van der Waals surface area contributed by atoms with Crippen LogP contribution in [0.3, 0.4) is 0 Å². The highest BCUT2D eigenvalue weighted by Crippen LogP contribution is 2.18. The molecule has 12 heteroatoms. The summed E-state index contributed by atoms with van der Waals surface area (Å²) in [5.41, 5.74) is 0. The largest absolute Gasteiger partial charge is 0.481 e. The van der Waals surface area contributed by atoms with E-state index in [4.69, 9.17) is 9.26 Å². The van der Waals surface area contributed by atoms with Gasteiger partial charge in [0.25, 0.3) is 5.91 Å². The van der Waals surface area contributed by atoms with Crippen LogP contribution in [0.5, 0.6) is 5.75 Å². The minimum atomic E-state index is -0.684. The van der Waals surface area contributed by atoms with Gasteiger partial charge in [-0.2, -0.15) is 10.1 Å². The van der Waals surface area contributed by atoms with Crippen molar-refractivity contribution >= 4 is 43.7 Å². The quantitative estimate of drug-likeness (QED) is 0.398. The molecule has 3 rings (SSSR count). The lowest BCUT2D eigenvalue weighted by Crippen LogP contribution is -2.40. The number of carbonyl (C=O) groups excluding carboxylic acids is 2. The number of carbonyl (C=O) groups is 2. The third kappa shape index (κ3) is 6.39. The van der Waals surface area contributed by atoms with Gasteiger partial charge in [0.15, 0.2) is 11.9 Å². The van der Waals surface area contributed by atoms with Crippen molar-refractivity contribution in [1.82, 2.24) is 30.6 Å². The first-order chi connectivity index (χ1) is 14.4. The van der Waals surface area contributed by atoms with Crippen LogP contribution in [-0.2, 0) is 11.3 Å². The molecule has 30 heavy (non-hydrogen) atoms. The number of hydrogen-bond donors (Lipinski definition) is 2. The van der Waals surface area contributed by atoms with Crippen LogP contribution in [0.1, 0.15) is 23.4 Å². The fraction of sp³-hybridized carbons (Fsp3) is 0.278. The van der Waals surface area contributed by atoms with Gasteiger partial charge in [-0.25, -0.2) is 0 Å². The maximum Gasteiger partial charge on any atom is 0.316 e. The molecule has 0 bridgehead atoms. The zero-order chi connectivity index (χ0) is 21.5. The molecule has 2 heterocycles. The Kier molecular flexibility index (Phi) is 7.57. The lowest BCUT2D eigenvalue weighted by Gasteiger charge is -2.15. The van der Waals surface area contributed by atoms with E-state index >= 15 is 0 Å². The molecule has 3 aromatic rings. The van der Waals surface area contributed by atoms with Crippen molar-refractivity contribution in [1.29, 1.82) is 0 Å². The summed E-state index contributed by atoms with van der Waals surface area (Å²) in [4.78, 5) is 28.2. The lowest BCUT2D eigenvalue weighted by atomic mass is 10.3. The Morgan fingerprint density at radius 2 is 2.03 bits per heavy atom. The van der Waals surface area contributed by atoms with Gasteiger partial charge in [0.2, 0.25) is 0 Å². The summed E-state index contributed by atoms with van der Waals surface area (Å²) < 4.78 is 13.8. The topological polar surface area (TPSA) is 124 Å². The molecular weight excluding hydrogens is 524 g/mol. The number of nitrogens with one attached hydrogen (secondary N) is 2. The molecule has 1 atom stereocenters. The van der Waals surface area contributed by atoms with Crippen LogP contribution in [0.2, 0.25) is 0 Å². The number of ether oxygens (including phenoxy) is 1. The Hall–Kier alpha value is -2.73. The average Bonchev–Trinajstić information content (AvgIpc) is 3.34. The van der Waals surface area contributed by atoms with E-state index < -0.39 is 12.0 Å². The highest BCUT2D eigenvalue weighted by atomic mass is 79.9. The van der Waals surface area contributed by atoms with E-state index in [0.717, 1.165) is 8.95 Å². The second-order valence-electron chi connectivity index (χ2n) is 6.14. The molecular formula is C18H18Br2N6O4. The summed E-state index contributed by atoms with van der Waals surface area (Å²) >= 11 is 6.64. The van der Waals surface area contributed by atoms with Gasteiger partial charge in [0, 0.05) is 23.8 Å². The van der Waals surface area contributed by atoms with Crippen LogP contribution in [0.25, 0.3) is 0 Å². The van der Waals surface area contributed by atoms with Gasteiger partial charge in [-0.1, -0.05) is 27.2 Å². The number of amides is 2. The first-order valence-electron chi connectivity index (χ1n) is 8.89. The van der Waals surface area contributed by atoms with Gasteiger partial charge in [0.05, 0.1) is 10.7 Å². The van der Waals surface area contributed by atoms with Gasteiger partial charge in [-0.05, 0) is 41.1 Å². The summed E-state index contributed by atoms with van der Waals surface area (Å²) in [7, 11) is 0. The molecule has 0 saturated carbocycles. The van der Waals surface area contributed by atoms with Crippen molar-refractivity contribution in [3.8, 4) is 5.75 Å². The SMILES string of the molecule is CC(Oc1cccc(Br)c1)C(=O)NCCNC(=O)c1nc(Cn2cc(Br)cn2)no1. The van der Waals surface area contributed by atoms with E-state index in [2.05, 4.69) is 57.7 Å². The van der Waals surface area contributed by atoms with E-state index in [-0.39, 0.29) is 31.4 Å². The Morgan fingerprint density at radius 1 is 1.23 bits per heavy atom.